The van der Waals surface area contributed by atoms with Gasteiger partial charge in [0.15, 0.2) is 5.69 Å². The first-order valence-corrected chi connectivity index (χ1v) is 9.65. The summed E-state index contributed by atoms with van der Waals surface area (Å²) in [6.07, 6.45) is -6.04. The number of carbonyl (C=O) groups excluding carboxylic acids is 1. The highest BCUT2D eigenvalue weighted by molar-refractivity contribution is 5.90. The topological polar surface area (TPSA) is 70.4 Å². The summed E-state index contributed by atoms with van der Waals surface area (Å²) in [6.45, 7) is 0.695. The Hall–Kier alpha value is -2.86. The molecule has 1 aromatic carbocycles. The number of rotatable bonds is 6. The molecule has 0 bridgehead atoms. The Morgan fingerprint density at radius 2 is 1.84 bits per heavy atom. The Morgan fingerprint density at radius 1 is 1.16 bits per heavy atom. The molecule has 0 unspecified atom stereocenters. The fourth-order valence-electron chi connectivity index (χ4n) is 3.61. The maximum atomic E-state index is 13.3. The lowest BCUT2D eigenvalue weighted by molar-refractivity contribution is -0.144. The van der Waals surface area contributed by atoms with Gasteiger partial charge in [-0.1, -0.05) is 24.3 Å². The first-order chi connectivity index (χ1) is 15.0. The number of alkyl halides is 6. The van der Waals surface area contributed by atoms with Crippen LogP contribution >= 0.6 is 0 Å². The van der Waals surface area contributed by atoms with Gasteiger partial charge in [-0.05, 0) is 36.6 Å². The van der Waals surface area contributed by atoms with Crippen molar-refractivity contribution in [3.8, 4) is 0 Å². The maximum absolute atomic E-state index is 13.3. The Kier molecular flexibility index (Phi) is 6.94. The van der Waals surface area contributed by atoms with Crippen molar-refractivity contribution in [1.82, 2.24) is 20.2 Å². The number of likely N-dealkylation sites (tertiary alicyclic amines) is 1. The zero-order valence-corrected chi connectivity index (χ0v) is 16.6. The summed E-state index contributed by atoms with van der Waals surface area (Å²) in [7, 11) is 0. The van der Waals surface area contributed by atoms with Gasteiger partial charge in [-0.3, -0.25) is 19.6 Å². The molecule has 1 aliphatic rings. The van der Waals surface area contributed by atoms with Crippen molar-refractivity contribution >= 4 is 12.0 Å². The fourth-order valence-corrected chi connectivity index (χ4v) is 3.61. The summed E-state index contributed by atoms with van der Waals surface area (Å²) < 4.78 is 78.9. The third kappa shape index (κ3) is 5.88. The molecule has 2 aromatic rings. The van der Waals surface area contributed by atoms with E-state index in [4.69, 9.17) is 5.21 Å². The third-order valence-electron chi connectivity index (χ3n) is 5.15. The van der Waals surface area contributed by atoms with E-state index >= 15 is 0 Å². The van der Waals surface area contributed by atoms with Crippen LogP contribution in [0.5, 0.6) is 0 Å². The molecule has 3 rings (SSSR count). The van der Waals surface area contributed by atoms with Crippen LogP contribution in [0.3, 0.4) is 0 Å². The highest BCUT2D eigenvalue weighted by atomic mass is 19.4. The van der Waals surface area contributed by atoms with Gasteiger partial charge < -0.3 is 0 Å². The molecule has 1 amide bonds. The lowest BCUT2D eigenvalue weighted by atomic mass is 10.1. The molecule has 0 aliphatic carbocycles. The average Bonchev–Trinajstić information content (AvgIpc) is 3.34. The van der Waals surface area contributed by atoms with Crippen LogP contribution in [0.25, 0.3) is 6.08 Å². The second-order valence-electron chi connectivity index (χ2n) is 7.41. The lowest BCUT2D eigenvalue weighted by Gasteiger charge is -2.25. The molecular formula is C20H20F6N4O2. The summed E-state index contributed by atoms with van der Waals surface area (Å²) in [5.74, 6) is -0.681. The number of hydrogen-bond donors (Lipinski definition) is 2. The predicted octanol–water partition coefficient (Wildman–Crippen LogP) is 4.10. The molecule has 0 saturated carbocycles. The fraction of sp³-hybridized carbons (Fsp3) is 0.400. The van der Waals surface area contributed by atoms with Crippen molar-refractivity contribution in [2.45, 2.75) is 44.3 Å². The third-order valence-corrected chi connectivity index (χ3v) is 5.15. The van der Waals surface area contributed by atoms with Gasteiger partial charge >= 0.3 is 12.4 Å². The average molecular weight is 462 g/mol. The smallest absolute Gasteiger partial charge is 0.294 e. The highest BCUT2D eigenvalue weighted by Gasteiger charge is 2.42. The molecule has 1 aliphatic heterocycles. The van der Waals surface area contributed by atoms with E-state index in [0.717, 1.165) is 11.6 Å². The van der Waals surface area contributed by atoms with Crippen LogP contribution in [-0.2, 0) is 30.2 Å². The molecule has 6 nitrogen and oxygen atoms in total. The van der Waals surface area contributed by atoms with E-state index in [-0.39, 0.29) is 12.6 Å². The Labute approximate surface area is 179 Å². The van der Waals surface area contributed by atoms with E-state index in [1.54, 1.807) is 24.3 Å². The number of nitrogens with one attached hydrogen (secondary N) is 1. The highest BCUT2D eigenvalue weighted by Crippen LogP contribution is 2.36. The minimum absolute atomic E-state index is 0.0442. The summed E-state index contributed by atoms with van der Waals surface area (Å²) >= 11 is 0. The standard InChI is InChI=1S/C20H20F6N4O2/c21-19(22,23)16-10-17(20(24,25)26)30(27-16)12-15-2-1-9-29(15)11-14-5-3-13(4-6-14)7-8-18(31)28-32/h3-8,10,15,32H,1-2,9,11-12H2,(H,28,31)/b8-7+/t15-/m1/s1. The van der Waals surface area contributed by atoms with E-state index in [1.165, 1.54) is 11.6 Å². The Morgan fingerprint density at radius 3 is 2.44 bits per heavy atom. The number of carbonyl (C=O) groups is 1. The second kappa shape index (κ2) is 9.33. The number of nitrogens with zero attached hydrogens (tertiary/aromatic N) is 3. The van der Waals surface area contributed by atoms with Gasteiger partial charge in [-0.2, -0.15) is 31.4 Å². The molecule has 1 fully saturated rings. The molecule has 0 radical (unpaired) electrons. The maximum Gasteiger partial charge on any atom is 0.435 e. The molecular weight excluding hydrogens is 442 g/mol. The molecule has 12 heteroatoms. The SMILES string of the molecule is O=C(/C=C/c1ccc(CN2CCC[C@@H]2Cn2nc(C(F)(F)F)cc2C(F)(F)F)cc1)NO. The predicted molar refractivity (Wildman–Crippen MR) is 101 cm³/mol. The minimum Gasteiger partial charge on any atom is -0.294 e. The molecule has 32 heavy (non-hydrogen) atoms. The monoisotopic (exact) mass is 462 g/mol. The number of aromatic nitrogens is 2. The lowest BCUT2D eigenvalue weighted by Crippen LogP contribution is -2.34. The van der Waals surface area contributed by atoms with Gasteiger partial charge in [0.2, 0.25) is 0 Å². The van der Waals surface area contributed by atoms with Gasteiger partial charge in [0, 0.05) is 24.7 Å². The largest absolute Gasteiger partial charge is 0.435 e. The Bertz CT molecular complexity index is 966. The second-order valence-corrected chi connectivity index (χ2v) is 7.41. The molecule has 0 spiro atoms. The number of amides is 1. The summed E-state index contributed by atoms with van der Waals surface area (Å²) in [4.78, 5) is 12.9. The zero-order chi connectivity index (χ0) is 23.5. The van der Waals surface area contributed by atoms with E-state index in [1.807, 2.05) is 4.90 Å². The van der Waals surface area contributed by atoms with E-state index < -0.39 is 35.7 Å². The van der Waals surface area contributed by atoms with Gasteiger partial charge in [0.1, 0.15) is 5.69 Å². The summed E-state index contributed by atoms with van der Waals surface area (Å²) in [5, 5.41) is 11.7. The Balaban J connectivity index is 1.72. The zero-order valence-electron chi connectivity index (χ0n) is 16.6. The van der Waals surface area contributed by atoms with E-state index in [9.17, 15) is 31.1 Å². The van der Waals surface area contributed by atoms with E-state index in [2.05, 4.69) is 5.10 Å². The molecule has 1 aromatic heterocycles. The molecule has 1 saturated heterocycles. The van der Waals surface area contributed by atoms with Crippen LogP contribution in [0.4, 0.5) is 26.3 Å². The molecule has 2 heterocycles. The van der Waals surface area contributed by atoms with Crippen molar-refractivity contribution in [1.29, 1.82) is 0 Å². The van der Waals surface area contributed by atoms with Crippen molar-refractivity contribution < 1.29 is 36.3 Å². The van der Waals surface area contributed by atoms with Crippen molar-refractivity contribution in [2.24, 2.45) is 0 Å². The number of hydroxylamine groups is 1. The van der Waals surface area contributed by atoms with Crippen LogP contribution in [0.1, 0.15) is 35.4 Å². The molecule has 2 N–H and O–H groups in total. The molecule has 174 valence electrons. The van der Waals surface area contributed by atoms with Crippen molar-refractivity contribution in [3.05, 3.63) is 58.9 Å². The molecule has 1 atom stereocenters. The number of benzene rings is 1. The van der Waals surface area contributed by atoms with Gasteiger partial charge in [-0.15, -0.1) is 0 Å². The number of hydrogen-bond acceptors (Lipinski definition) is 4. The first kappa shape index (κ1) is 23.8. The normalized spacial score (nSPS) is 17.9. The van der Waals surface area contributed by atoms with Crippen LogP contribution in [0, 0.1) is 0 Å². The van der Waals surface area contributed by atoms with Crippen LogP contribution in [0.15, 0.2) is 36.4 Å². The van der Waals surface area contributed by atoms with Crippen molar-refractivity contribution in [3.63, 3.8) is 0 Å². The minimum atomic E-state index is -4.96. The summed E-state index contributed by atoms with van der Waals surface area (Å²) in [6, 6.07) is 6.66. The van der Waals surface area contributed by atoms with Crippen molar-refractivity contribution in [2.75, 3.05) is 6.54 Å². The first-order valence-electron chi connectivity index (χ1n) is 9.65. The van der Waals surface area contributed by atoms with Crippen LogP contribution < -0.4 is 5.48 Å². The van der Waals surface area contributed by atoms with Crippen LogP contribution in [0.2, 0.25) is 0 Å². The van der Waals surface area contributed by atoms with E-state index in [0.29, 0.717) is 36.2 Å². The van der Waals surface area contributed by atoms with Gasteiger partial charge in [-0.25, -0.2) is 5.48 Å². The quantitative estimate of drug-likeness (QED) is 0.294. The van der Waals surface area contributed by atoms with Gasteiger partial charge in [0.05, 0.1) is 6.54 Å². The number of halogens is 6. The van der Waals surface area contributed by atoms with Gasteiger partial charge in [0.25, 0.3) is 5.91 Å². The van der Waals surface area contributed by atoms with Crippen LogP contribution in [-0.4, -0.2) is 38.4 Å². The summed E-state index contributed by atoms with van der Waals surface area (Å²) in [5.41, 5.74) is 0.0417.